The van der Waals surface area contributed by atoms with E-state index >= 15 is 0 Å². The van der Waals surface area contributed by atoms with Crippen LogP contribution in [0.5, 0.6) is 0 Å². The Kier molecular flexibility index (Phi) is 1.74. The number of hydrogen-bond donors (Lipinski definition) is 0. The minimum Gasteiger partial charge on any atom is -0.248 e. The minimum atomic E-state index is -4.40. The van der Waals surface area contributed by atoms with Crippen LogP contribution in [0.4, 0.5) is 8.22 Å². The van der Waals surface area contributed by atoms with Crippen LogP contribution < -0.4 is 0 Å². The molecule has 0 nitrogen and oxygen atoms in total. The molecule has 4 heteroatoms. The van der Waals surface area contributed by atoms with Crippen LogP contribution in [0.2, 0.25) is 0 Å². The smallest absolute Gasteiger partial charge is 0.248 e. The zero-order chi connectivity index (χ0) is 5.21. The lowest BCUT2D eigenvalue weighted by molar-refractivity contribution is 0.667. The van der Waals surface area contributed by atoms with Gasteiger partial charge in [0.1, 0.15) is 0 Å². The Bertz CT molecular complexity index is 57.1. The van der Waals surface area contributed by atoms with Crippen LogP contribution in [-0.2, 0) is 0 Å². The largest absolute Gasteiger partial charge is 0.546 e. The summed E-state index contributed by atoms with van der Waals surface area (Å²) in [7, 11) is -4.40. The average Bonchev–Trinajstić information content (AvgIpc) is 1.35. The molecule has 0 aromatic rings. The predicted octanol–water partition coefficient (Wildman–Crippen LogP) is 1.83. The number of hydrogen-bond acceptors (Lipinski definition) is 0. The first kappa shape index (κ1) is 6.11. The average molecular weight is 129 g/mol. The van der Waals surface area contributed by atoms with Crippen molar-refractivity contribution in [2.24, 2.45) is 0 Å². The Morgan fingerprint density at radius 1 is 1.67 bits per heavy atom. The Morgan fingerprint density at radius 2 is 1.83 bits per heavy atom. The maximum absolute atomic E-state index is 11.2. The summed E-state index contributed by atoms with van der Waals surface area (Å²) in [4.78, 5) is 0. The lowest BCUT2D eigenvalue weighted by Gasteiger charge is -1.88. The normalized spacial score (nSPS) is 11.2. The Morgan fingerprint density at radius 3 is 1.83 bits per heavy atom. The molecule has 0 aromatic carbocycles. The zero-order valence-electron chi connectivity index (χ0n) is 2.92. The second-order valence-corrected chi connectivity index (χ2v) is 3.75. The highest BCUT2D eigenvalue weighted by Crippen LogP contribution is 2.11. The number of rotatable bonds is 1. The molecule has 0 heterocycles. The van der Waals surface area contributed by atoms with E-state index in [9.17, 15) is 8.22 Å². The van der Waals surface area contributed by atoms with Gasteiger partial charge in [0.15, 0.2) is 0 Å². The van der Waals surface area contributed by atoms with Crippen molar-refractivity contribution in [2.45, 2.75) is 0 Å². The fraction of sp³-hybridized carbons (Fsp3) is 0. The van der Waals surface area contributed by atoms with Gasteiger partial charge in [-0.2, -0.15) is 0 Å². The van der Waals surface area contributed by atoms with Crippen molar-refractivity contribution in [1.29, 1.82) is 0 Å². The van der Waals surface area contributed by atoms with Crippen molar-refractivity contribution in [3.05, 3.63) is 12.3 Å². The van der Waals surface area contributed by atoms with Crippen molar-refractivity contribution in [2.75, 3.05) is 0 Å². The molecule has 0 atom stereocenters. The summed E-state index contributed by atoms with van der Waals surface area (Å²) in [5.41, 5.74) is 0.508. The van der Waals surface area contributed by atoms with Gasteiger partial charge >= 0.3 is 8.05 Å². The maximum Gasteiger partial charge on any atom is 0.546 e. The van der Waals surface area contributed by atoms with Crippen LogP contribution in [0, 0.1) is 0 Å². The molecule has 0 amide bonds. The van der Waals surface area contributed by atoms with Gasteiger partial charge < -0.3 is 0 Å². The molecule has 0 saturated carbocycles. The van der Waals surface area contributed by atoms with E-state index in [0.29, 0.717) is 5.70 Å². The van der Waals surface area contributed by atoms with Crippen molar-refractivity contribution in [3.63, 3.8) is 0 Å². The summed E-state index contributed by atoms with van der Waals surface area (Å²) in [6, 6.07) is 0. The lowest BCUT2D eigenvalue weighted by atomic mass is 11.3. The summed E-state index contributed by atoms with van der Waals surface area (Å²) in [5, 5.41) is 0. The van der Waals surface area contributed by atoms with Crippen LogP contribution in [0.1, 0.15) is 0 Å². The van der Waals surface area contributed by atoms with E-state index in [1.807, 2.05) is 0 Å². The van der Waals surface area contributed by atoms with Crippen molar-refractivity contribution < 1.29 is 8.22 Å². The molecule has 0 saturated heterocycles. The molecule has 0 aliphatic carbocycles. The molecule has 6 heavy (non-hydrogen) atoms. The molecule has 0 fully saturated rings. The van der Waals surface area contributed by atoms with Crippen molar-refractivity contribution >= 4 is 19.1 Å². The molecule has 0 N–H and O–H groups in total. The minimum absolute atomic E-state index is 0.508. The molecule has 0 unspecified atom stereocenters. The molecule has 0 rings (SSSR count). The SMILES string of the molecule is C=C[Si](F)(F)Cl. The van der Waals surface area contributed by atoms with Crippen LogP contribution in [-0.4, -0.2) is 8.05 Å². The van der Waals surface area contributed by atoms with E-state index in [4.69, 9.17) is 0 Å². The summed E-state index contributed by atoms with van der Waals surface area (Å²) in [5.74, 6) is 0. The van der Waals surface area contributed by atoms with E-state index in [0.717, 1.165) is 0 Å². The number of halogens is 3. The van der Waals surface area contributed by atoms with Gasteiger partial charge in [-0.05, 0) is 5.70 Å². The van der Waals surface area contributed by atoms with E-state index < -0.39 is 8.05 Å². The van der Waals surface area contributed by atoms with Crippen molar-refractivity contribution in [3.8, 4) is 0 Å². The first-order valence-corrected chi connectivity index (χ1v) is 4.11. The second kappa shape index (κ2) is 1.71. The van der Waals surface area contributed by atoms with E-state index in [2.05, 4.69) is 17.7 Å². The highest BCUT2D eigenvalue weighted by molar-refractivity contribution is 7.15. The topological polar surface area (TPSA) is 0 Å². The third-order valence-corrected chi connectivity index (χ3v) is 1.16. The maximum atomic E-state index is 11.2. The highest BCUT2D eigenvalue weighted by Gasteiger charge is 2.26. The monoisotopic (exact) mass is 128 g/mol. The molecule has 0 bridgehead atoms. The zero-order valence-corrected chi connectivity index (χ0v) is 4.67. The molecule has 0 aromatic heterocycles. The molecular weight excluding hydrogens is 126 g/mol. The van der Waals surface area contributed by atoms with Gasteiger partial charge in [0.05, 0.1) is 0 Å². The van der Waals surface area contributed by atoms with Gasteiger partial charge in [0.25, 0.3) is 0 Å². The van der Waals surface area contributed by atoms with Crippen LogP contribution in [0.15, 0.2) is 12.3 Å². The molecule has 0 radical (unpaired) electrons. The lowest BCUT2D eigenvalue weighted by Crippen LogP contribution is -2.06. The third kappa shape index (κ3) is 4.11. The van der Waals surface area contributed by atoms with Crippen LogP contribution in [0.25, 0.3) is 0 Å². The van der Waals surface area contributed by atoms with E-state index in [-0.39, 0.29) is 0 Å². The van der Waals surface area contributed by atoms with Gasteiger partial charge in [-0.3, -0.25) is 0 Å². The molecule has 0 aliphatic heterocycles. The standard InChI is InChI=1S/C2H3ClF2Si/c1-2-6(3,4)5/h2H,1H2. The molecule has 0 aliphatic rings. The van der Waals surface area contributed by atoms with Gasteiger partial charge in [0.2, 0.25) is 0 Å². The highest BCUT2D eigenvalue weighted by atomic mass is 35.6. The quantitative estimate of drug-likeness (QED) is 0.373. The summed E-state index contributed by atoms with van der Waals surface area (Å²) in [6.45, 7) is 2.81. The summed E-state index contributed by atoms with van der Waals surface area (Å²) >= 11 is 4.41. The molecular formula is C2H3ClF2Si. The van der Waals surface area contributed by atoms with Crippen LogP contribution in [0.3, 0.4) is 0 Å². The van der Waals surface area contributed by atoms with Crippen LogP contribution >= 0.6 is 11.1 Å². The predicted molar refractivity (Wildman–Crippen MR) is 24.0 cm³/mol. The fourth-order valence-corrected chi connectivity index (χ4v) is 0. The van der Waals surface area contributed by atoms with Gasteiger partial charge in [-0.1, -0.05) is 11.1 Å². The summed E-state index contributed by atoms with van der Waals surface area (Å²) in [6.07, 6.45) is 0. The van der Waals surface area contributed by atoms with Crippen molar-refractivity contribution in [1.82, 2.24) is 0 Å². The first-order valence-electron chi connectivity index (χ1n) is 1.26. The van der Waals surface area contributed by atoms with E-state index in [1.165, 1.54) is 0 Å². The fourth-order valence-electron chi connectivity index (χ4n) is 0. The second-order valence-electron chi connectivity index (χ2n) is 0.746. The first-order chi connectivity index (χ1) is 2.56. The van der Waals surface area contributed by atoms with Gasteiger partial charge in [-0.15, -0.1) is 6.58 Å². The van der Waals surface area contributed by atoms with Gasteiger partial charge in [-0.25, -0.2) is 8.22 Å². The van der Waals surface area contributed by atoms with E-state index in [1.54, 1.807) is 0 Å². The summed E-state index contributed by atoms with van der Waals surface area (Å²) < 4.78 is 22.5. The Balaban J connectivity index is 3.45. The Hall–Kier alpha value is 0.107. The van der Waals surface area contributed by atoms with Gasteiger partial charge in [0, 0.05) is 0 Å². The molecule has 36 valence electrons. The Labute approximate surface area is 40.5 Å². The molecule has 0 spiro atoms. The third-order valence-electron chi connectivity index (χ3n) is 0.231.